The molecule has 4 rings (SSSR count). The molecule has 0 amide bonds. The number of halogens is 2. The van der Waals surface area contributed by atoms with Gasteiger partial charge in [0.05, 0.1) is 11.1 Å². The van der Waals surface area contributed by atoms with Crippen molar-refractivity contribution in [3.8, 4) is 28.8 Å². The van der Waals surface area contributed by atoms with Crippen molar-refractivity contribution in [3.63, 3.8) is 0 Å². The van der Waals surface area contributed by atoms with Gasteiger partial charge in [-0.1, -0.05) is 31.9 Å². The predicted octanol–water partition coefficient (Wildman–Crippen LogP) is 5.92. The molecule has 1 aromatic heterocycles. The van der Waals surface area contributed by atoms with Crippen molar-refractivity contribution < 1.29 is 9.84 Å². The number of rotatable bonds is 4. The molecule has 1 aliphatic heterocycles. The van der Waals surface area contributed by atoms with Crippen LogP contribution in [0.25, 0.3) is 11.4 Å². The van der Waals surface area contributed by atoms with Gasteiger partial charge in [-0.15, -0.1) is 0 Å². The van der Waals surface area contributed by atoms with Gasteiger partial charge in [-0.3, -0.25) is 0 Å². The summed E-state index contributed by atoms with van der Waals surface area (Å²) in [5.74, 6) is 2.76. The average molecular weight is 505 g/mol. The van der Waals surface area contributed by atoms with Crippen LogP contribution >= 0.6 is 31.9 Å². The Labute approximate surface area is 180 Å². The largest absolute Gasteiger partial charge is 0.507 e. The highest BCUT2D eigenvalue weighted by molar-refractivity contribution is 9.10. The highest BCUT2D eigenvalue weighted by atomic mass is 79.9. The number of hydrogen-bond acceptors (Lipinski definition) is 5. The van der Waals surface area contributed by atoms with E-state index in [1.165, 1.54) is 0 Å². The maximum absolute atomic E-state index is 10.4. The third-order valence-electron chi connectivity index (χ3n) is 4.81. The molecule has 0 aliphatic carbocycles. The lowest BCUT2D eigenvalue weighted by Crippen LogP contribution is -2.26. The van der Waals surface area contributed by atoms with E-state index < -0.39 is 0 Å². The van der Waals surface area contributed by atoms with Gasteiger partial charge in [-0.05, 0) is 50.2 Å². The van der Waals surface area contributed by atoms with Gasteiger partial charge in [0.15, 0.2) is 5.82 Å². The molecule has 2 aromatic carbocycles. The first-order valence-electron chi connectivity index (χ1n) is 9.11. The Bertz CT molecular complexity index is 1050. The Hall–Kier alpha value is -2.12. The van der Waals surface area contributed by atoms with Crippen molar-refractivity contribution in [2.24, 2.45) is 0 Å². The van der Waals surface area contributed by atoms with Gasteiger partial charge in [0.2, 0.25) is 5.88 Å². The standard InChI is InChI=1S/C21H19Br2N3O2/c1-3-26(4-2)20-16-10-12-9-13(22)6-8-18(12)28-21(16)25-19(24-20)15-11-14(23)5-7-17(15)27/h5-9,11,27H,3-4,10H2,1-2H3. The molecule has 7 heteroatoms. The predicted molar refractivity (Wildman–Crippen MR) is 117 cm³/mol. The summed E-state index contributed by atoms with van der Waals surface area (Å²) in [6.45, 7) is 5.83. The molecule has 2 heterocycles. The Balaban J connectivity index is 1.91. The van der Waals surface area contributed by atoms with Crippen LogP contribution < -0.4 is 9.64 Å². The van der Waals surface area contributed by atoms with E-state index in [9.17, 15) is 5.11 Å². The van der Waals surface area contributed by atoms with Gasteiger partial charge in [0.1, 0.15) is 17.3 Å². The van der Waals surface area contributed by atoms with Crippen LogP contribution in [0.2, 0.25) is 0 Å². The van der Waals surface area contributed by atoms with Crippen molar-refractivity contribution in [1.29, 1.82) is 0 Å². The molecule has 144 valence electrons. The summed E-state index contributed by atoms with van der Waals surface area (Å²) in [6.07, 6.45) is 0.695. The van der Waals surface area contributed by atoms with Gasteiger partial charge in [0.25, 0.3) is 0 Å². The molecule has 0 radical (unpaired) electrons. The zero-order chi connectivity index (χ0) is 19.8. The van der Waals surface area contributed by atoms with E-state index in [1.54, 1.807) is 12.1 Å². The number of anilines is 1. The molecule has 0 saturated carbocycles. The number of phenols is 1. The fraction of sp³-hybridized carbons (Fsp3) is 0.238. The molecule has 0 fully saturated rings. The van der Waals surface area contributed by atoms with E-state index in [2.05, 4.69) is 61.7 Å². The number of ether oxygens (including phenoxy) is 1. The number of fused-ring (bicyclic) bond motifs is 2. The molecule has 28 heavy (non-hydrogen) atoms. The zero-order valence-corrected chi connectivity index (χ0v) is 18.7. The first kappa shape index (κ1) is 19.2. The lowest BCUT2D eigenvalue weighted by molar-refractivity contribution is 0.439. The maximum atomic E-state index is 10.4. The summed E-state index contributed by atoms with van der Waals surface area (Å²) in [4.78, 5) is 11.7. The molecule has 0 bridgehead atoms. The van der Waals surface area contributed by atoms with Crippen LogP contribution in [0.3, 0.4) is 0 Å². The molecule has 0 unspecified atom stereocenters. The van der Waals surface area contributed by atoms with Gasteiger partial charge in [0, 0.05) is 34.0 Å². The first-order chi connectivity index (χ1) is 13.5. The van der Waals surface area contributed by atoms with E-state index in [4.69, 9.17) is 9.72 Å². The summed E-state index contributed by atoms with van der Waals surface area (Å²) in [7, 11) is 0. The van der Waals surface area contributed by atoms with Crippen molar-refractivity contribution in [2.45, 2.75) is 20.3 Å². The molecule has 5 nitrogen and oxygen atoms in total. The van der Waals surface area contributed by atoms with Crippen LogP contribution in [0.15, 0.2) is 45.3 Å². The minimum Gasteiger partial charge on any atom is -0.507 e. The van der Waals surface area contributed by atoms with Crippen LogP contribution in [0.5, 0.6) is 17.4 Å². The van der Waals surface area contributed by atoms with Crippen LogP contribution in [0.1, 0.15) is 25.0 Å². The highest BCUT2D eigenvalue weighted by Crippen LogP contribution is 2.42. The Morgan fingerprint density at radius 1 is 1.04 bits per heavy atom. The minimum atomic E-state index is 0.133. The van der Waals surface area contributed by atoms with Gasteiger partial charge < -0.3 is 14.7 Å². The minimum absolute atomic E-state index is 0.133. The van der Waals surface area contributed by atoms with Crippen molar-refractivity contribution in [3.05, 3.63) is 56.5 Å². The second-order valence-electron chi connectivity index (χ2n) is 6.52. The second-order valence-corrected chi connectivity index (χ2v) is 8.35. The topological polar surface area (TPSA) is 58.5 Å². The zero-order valence-electron chi connectivity index (χ0n) is 15.5. The van der Waals surface area contributed by atoms with Gasteiger partial charge in [-0.2, -0.15) is 4.98 Å². The molecular formula is C21H19Br2N3O2. The van der Waals surface area contributed by atoms with Crippen LogP contribution in [-0.4, -0.2) is 28.2 Å². The van der Waals surface area contributed by atoms with Gasteiger partial charge in [-0.25, -0.2) is 4.98 Å². The summed E-state index contributed by atoms with van der Waals surface area (Å²) < 4.78 is 8.01. The highest BCUT2D eigenvalue weighted by Gasteiger charge is 2.26. The van der Waals surface area contributed by atoms with Gasteiger partial charge >= 0.3 is 0 Å². The molecule has 1 N–H and O–H groups in total. The Morgan fingerprint density at radius 3 is 2.50 bits per heavy atom. The lowest BCUT2D eigenvalue weighted by atomic mass is 10.0. The van der Waals surface area contributed by atoms with E-state index in [0.29, 0.717) is 23.7 Å². The van der Waals surface area contributed by atoms with E-state index in [0.717, 1.165) is 44.7 Å². The number of aromatic hydroxyl groups is 1. The third kappa shape index (κ3) is 3.49. The second kappa shape index (κ2) is 7.72. The number of benzene rings is 2. The molecule has 0 saturated heterocycles. The first-order valence-corrected chi connectivity index (χ1v) is 10.7. The number of aromatic nitrogens is 2. The lowest BCUT2D eigenvalue weighted by Gasteiger charge is -2.27. The quantitative estimate of drug-likeness (QED) is 0.374. The number of nitrogens with zero attached hydrogens (tertiary/aromatic N) is 3. The normalized spacial score (nSPS) is 12.1. The Kier molecular flexibility index (Phi) is 5.29. The summed E-state index contributed by atoms with van der Waals surface area (Å²) in [6, 6.07) is 11.2. The van der Waals surface area contributed by atoms with Crippen LogP contribution in [0.4, 0.5) is 5.82 Å². The van der Waals surface area contributed by atoms with Crippen LogP contribution in [-0.2, 0) is 6.42 Å². The number of phenolic OH excluding ortho intramolecular Hbond substituents is 1. The van der Waals surface area contributed by atoms with Crippen molar-refractivity contribution in [1.82, 2.24) is 9.97 Å². The number of hydrogen-bond donors (Lipinski definition) is 1. The molecular weight excluding hydrogens is 486 g/mol. The van der Waals surface area contributed by atoms with Crippen molar-refractivity contribution >= 4 is 37.7 Å². The summed E-state index contributed by atoms with van der Waals surface area (Å²) in [5, 5.41) is 10.4. The SMILES string of the molecule is CCN(CC)c1nc(-c2cc(Br)ccc2O)nc2c1Cc1cc(Br)ccc1O2. The monoisotopic (exact) mass is 503 g/mol. The Morgan fingerprint density at radius 2 is 1.75 bits per heavy atom. The fourth-order valence-corrected chi connectivity index (χ4v) is 4.13. The summed E-state index contributed by atoms with van der Waals surface area (Å²) >= 11 is 6.99. The average Bonchev–Trinajstić information content (AvgIpc) is 2.69. The van der Waals surface area contributed by atoms with E-state index in [1.807, 2.05) is 18.2 Å². The molecule has 0 spiro atoms. The molecule has 3 aromatic rings. The fourth-order valence-electron chi connectivity index (χ4n) is 3.36. The van der Waals surface area contributed by atoms with Crippen LogP contribution in [0, 0.1) is 0 Å². The molecule has 1 aliphatic rings. The van der Waals surface area contributed by atoms with Crippen molar-refractivity contribution in [2.75, 3.05) is 18.0 Å². The smallest absolute Gasteiger partial charge is 0.228 e. The third-order valence-corrected chi connectivity index (χ3v) is 5.79. The van der Waals surface area contributed by atoms with E-state index in [-0.39, 0.29) is 5.75 Å². The maximum Gasteiger partial charge on any atom is 0.228 e. The van der Waals surface area contributed by atoms with E-state index >= 15 is 0 Å². The summed E-state index contributed by atoms with van der Waals surface area (Å²) in [5.41, 5.74) is 2.63. The molecule has 0 atom stereocenters.